The molecule has 10 heteroatoms. The number of hydrogen-bond donors (Lipinski definition) is 1. The molecule has 1 aromatic carbocycles. The molecule has 2 aliphatic rings. The number of piperidine rings is 1. The van der Waals surface area contributed by atoms with Crippen LogP contribution in [0.5, 0.6) is 0 Å². The number of carbonyl (C=O) groups excluding carboxylic acids is 1. The van der Waals surface area contributed by atoms with Crippen molar-refractivity contribution in [3.8, 4) is 5.69 Å². The number of nitrogens with zero attached hydrogens (tertiary/aromatic N) is 5. The Balaban J connectivity index is 1.43. The number of halogens is 2. The van der Waals surface area contributed by atoms with E-state index in [1.54, 1.807) is 25.1 Å². The van der Waals surface area contributed by atoms with Gasteiger partial charge in [0, 0.05) is 25.1 Å². The zero-order valence-corrected chi connectivity index (χ0v) is 17.2. The van der Waals surface area contributed by atoms with Crippen LogP contribution in [-0.2, 0) is 5.54 Å². The zero-order valence-electron chi connectivity index (χ0n) is 16.5. The van der Waals surface area contributed by atoms with E-state index in [0.717, 1.165) is 25.5 Å². The van der Waals surface area contributed by atoms with Crippen LogP contribution in [0.3, 0.4) is 0 Å². The number of rotatable bonds is 3. The molecule has 2 fully saturated rings. The summed E-state index contributed by atoms with van der Waals surface area (Å²) in [6.07, 6.45) is 4.84. The van der Waals surface area contributed by atoms with Crippen LogP contribution in [0, 0.1) is 18.7 Å². The molecular weight excluding hydrogens is 411 g/mol. The lowest BCUT2D eigenvalue weighted by atomic mass is 9.64. The van der Waals surface area contributed by atoms with E-state index in [2.05, 4.69) is 27.5 Å². The lowest BCUT2D eigenvalue weighted by Crippen LogP contribution is -2.70. The average molecular weight is 431 g/mol. The molecule has 156 valence electrons. The highest BCUT2D eigenvalue weighted by Crippen LogP contribution is 2.55. The quantitative estimate of drug-likeness (QED) is 0.669. The molecule has 3 heterocycles. The number of hydrogen-bond acceptors (Lipinski definition) is 5. The molecule has 2 bridgehead atoms. The van der Waals surface area contributed by atoms with Crippen molar-refractivity contribution in [1.29, 1.82) is 0 Å². The Morgan fingerprint density at radius 2 is 2.20 bits per heavy atom. The van der Waals surface area contributed by atoms with Crippen molar-refractivity contribution in [3.05, 3.63) is 53.2 Å². The standard InChI is InChI=1S/C20H20ClFN6O2/c1-11-5-15-8-20(7-11,18-26-25-12(2)30-18)28(15)19(29)24-14-3-4-16(21)17(6-14)27-10-13(22)9-23-27/h3-4,6,9-11,15H,5,7-8H2,1-2H3,(H,24,29)/t11-,15-,20+/m0/s1. The minimum Gasteiger partial charge on any atom is -0.423 e. The van der Waals surface area contributed by atoms with Gasteiger partial charge in [-0.15, -0.1) is 10.2 Å². The summed E-state index contributed by atoms with van der Waals surface area (Å²) in [6.45, 7) is 3.92. The summed E-state index contributed by atoms with van der Waals surface area (Å²) in [5.41, 5.74) is 0.428. The Morgan fingerprint density at radius 1 is 1.37 bits per heavy atom. The van der Waals surface area contributed by atoms with Gasteiger partial charge in [-0.25, -0.2) is 13.9 Å². The lowest BCUT2D eigenvalue weighted by Gasteiger charge is -2.61. The summed E-state index contributed by atoms with van der Waals surface area (Å²) in [5.74, 6) is 0.952. The maximum Gasteiger partial charge on any atom is 0.323 e. The third-order valence-corrected chi connectivity index (χ3v) is 6.22. The summed E-state index contributed by atoms with van der Waals surface area (Å²) < 4.78 is 20.4. The molecule has 1 aliphatic carbocycles. The molecule has 30 heavy (non-hydrogen) atoms. The van der Waals surface area contributed by atoms with Gasteiger partial charge in [0.05, 0.1) is 23.1 Å². The second-order valence-electron chi connectivity index (χ2n) is 8.13. The number of aromatic nitrogens is 4. The highest BCUT2D eigenvalue weighted by molar-refractivity contribution is 6.32. The number of nitrogens with one attached hydrogen (secondary N) is 1. The monoisotopic (exact) mass is 430 g/mol. The fourth-order valence-electron chi connectivity index (χ4n) is 4.82. The summed E-state index contributed by atoms with van der Waals surface area (Å²) in [7, 11) is 0. The van der Waals surface area contributed by atoms with Gasteiger partial charge in [-0.3, -0.25) is 0 Å². The van der Waals surface area contributed by atoms with Crippen molar-refractivity contribution in [1.82, 2.24) is 24.9 Å². The third kappa shape index (κ3) is 2.96. The summed E-state index contributed by atoms with van der Waals surface area (Å²) in [5, 5.41) is 15.5. The minimum atomic E-state index is -0.575. The third-order valence-electron chi connectivity index (χ3n) is 5.90. The number of amides is 2. The van der Waals surface area contributed by atoms with E-state index in [1.807, 2.05) is 4.90 Å². The fraction of sp³-hybridized carbons (Fsp3) is 0.400. The number of benzene rings is 1. The van der Waals surface area contributed by atoms with Gasteiger partial charge in [-0.1, -0.05) is 18.5 Å². The first-order valence-electron chi connectivity index (χ1n) is 9.77. The predicted molar refractivity (Wildman–Crippen MR) is 107 cm³/mol. The Labute approximate surface area is 177 Å². The van der Waals surface area contributed by atoms with Crippen LogP contribution in [0.2, 0.25) is 5.02 Å². The molecule has 5 rings (SSSR count). The number of carbonyl (C=O) groups is 1. The van der Waals surface area contributed by atoms with Crippen molar-refractivity contribution >= 4 is 23.3 Å². The van der Waals surface area contributed by atoms with Crippen LogP contribution in [0.4, 0.5) is 14.9 Å². The van der Waals surface area contributed by atoms with Gasteiger partial charge >= 0.3 is 6.03 Å². The van der Waals surface area contributed by atoms with Gasteiger partial charge in [-0.2, -0.15) is 5.10 Å². The summed E-state index contributed by atoms with van der Waals surface area (Å²) in [6, 6.07) is 4.88. The molecule has 2 amide bonds. The number of aryl methyl sites for hydroxylation is 1. The van der Waals surface area contributed by atoms with Gasteiger partial charge in [-0.05, 0) is 37.0 Å². The minimum absolute atomic E-state index is 0.118. The van der Waals surface area contributed by atoms with Crippen molar-refractivity contribution in [2.24, 2.45) is 5.92 Å². The fourth-order valence-corrected chi connectivity index (χ4v) is 5.02. The second kappa shape index (κ2) is 6.80. The van der Waals surface area contributed by atoms with Crippen molar-refractivity contribution in [2.75, 3.05) is 5.32 Å². The molecule has 1 saturated carbocycles. The van der Waals surface area contributed by atoms with E-state index >= 15 is 0 Å². The molecule has 3 atom stereocenters. The van der Waals surface area contributed by atoms with Gasteiger partial charge in [0.25, 0.3) is 0 Å². The Hall–Kier alpha value is -2.94. The van der Waals surface area contributed by atoms with E-state index in [-0.39, 0.29) is 12.1 Å². The van der Waals surface area contributed by atoms with E-state index in [1.165, 1.54) is 10.9 Å². The molecule has 1 aliphatic heterocycles. The van der Waals surface area contributed by atoms with Crippen LogP contribution in [0.1, 0.15) is 38.0 Å². The van der Waals surface area contributed by atoms with Crippen LogP contribution < -0.4 is 5.32 Å². The summed E-state index contributed by atoms with van der Waals surface area (Å²) >= 11 is 6.24. The van der Waals surface area contributed by atoms with Gasteiger partial charge < -0.3 is 14.6 Å². The Bertz CT molecular complexity index is 1130. The number of fused-ring (bicyclic) bond motifs is 2. The smallest absolute Gasteiger partial charge is 0.323 e. The topological polar surface area (TPSA) is 89.1 Å². The highest BCUT2D eigenvalue weighted by Gasteiger charge is 2.62. The van der Waals surface area contributed by atoms with Crippen molar-refractivity contribution in [2.45, 2.75) is 44.7 Å². The molecule has 0 radical (unpaired) electrons. The maximum atomic E-state index is 13.4. The average Bonchev–Trinajstić information content (AvgIpc) is 3.31. The maximum absolute atomic E-state index is 13.4. The van der Waals surface area contributed by atoms with E-state index in [9.17, 15) is 9.18 Å². The van der Waals surface area contributed by atoms with Crippen molar-refractivity contribution < 1.29 is 13.6 Å². The Kier molecular flexibility index (Phi) is 4.32. The van der Waals surface area contributed by atoms with E-state index in [4.69, 9.17) is 16.0 Å². The Morgan fingerprint density at radius 3 is 2.90 bits per heavy atom. The molecule has 0 spiro atoms. The summed E-state index contributed by atoms with van der Waals surface area (Å²) in [4.78, 5) is 15.1. The van der Waals surface area contributed by atoms with Crippen LogP contribution in [-0.4, -0.2) is 37.0 Å². The van der Waals surface area contributed by atoms with Gasteiger partial charge in [0.1, 0.15) is 5.54 Å². The number of likely N-dealkylation sites (tertiary alicyclic amines) is 1. The van der Waals surface area contributed by atoms with Crippen molar-refractivity contribution in [3.63, 3.8) is 0 Å². The zero-order chi connectivity index (χ0) is 21.0. The van der Waals surface area contributed by atoms with Crippen LogP contribution in [0.25, 0.3) is 5.69 Å². The lowest BCUT2D eigenvalue weighted by molar-refractivity contribution is -0.110. The van der Waals surface area contributed by atoms with Crippen LogP contribution >= 0.6 is 11.6 Å². The van der Waals surface area contributed by atoms with E-state index < -0.39 is 11.4 Å². The molecular formula is C20H20ClFN6O2. The van der Waals surface area contributed by atoms with E-state index in [0.29, 0.717) is 34.1 Å². The molecule has 8 nitrogen and oxygen atoms in total. The predicted octanol–water partition coefficient (Wildman–Crippen LogP) is 4.29. The van der Waals surface area contributed by atoms with Gasteiger partial charge in [0.15, 0.2) is 5.82 Å². The first-order valence-corrected chi connectivity index (χ1v) is 10.1. The number of anilines is 1. The van der Waals surface area contributed by atoms with Crippen LogP contribution in [0.15, 0.2) is 35.0 Å². The molecule has 2 aromatic heterocycles. The number of urea groups is 1. The molecule has 1 N–H and O–H groups in total. The normalized spacial score (nSPS) is 25.1. The first kappa shape index (κ1) is 19.0. The second-order valence-corrected chi connectivity index (χ2v) is 8.54. The molecule has 0 unspecified atom stereocenters. The highest BCUT2D eigenvalue weighted by atomic mass is 35.5. The molecule has 1 saturated heterocycles. The SMILES string of the molecule is Cc1nnc([C@@]23C[C@@H](C)C[C@@H](C2)N3C(=O)Nc2ccc(Cl)c(-n3cc(F)cn3)c2)o1. The van der Waals surface area contributed by atoms with Gasteiger partial charge in [0.2, 0.25) is 11.8 Å². The largest absolute Gasteiger partial charge is 0.423 e. The molecule has 3 aromatic rings. The first-order chi connectivity index (χ1) is 14.4.